The first kappa shape index (κ1) is 25.6. The van der Waals surface area contributed by atoms with Gasteiger partial charge in [-0.3, -0.25) is 14.2 Å². The number of fused-ring (bicyclic) bond motifs is 2. The zero-order chi connectivity index (χ0) is 27.5. The summed E-state index contributed by atoms with van der Waals surface area (Å²) in [6.07, 6.45) is 2.93. The fourth-order valence-corrected chi connectivity index (χ4v) is 4.39. The molecule has 3 heterocycles. The van der Waals surface area contributed by atoms with Gasteiger partial charge in [0, 0.05) is 24.6 Å². The Morgan fingerprint density at radius 2 is 1.92 bits per heavy atom. The number of hydrogen-bond acceptors (Lipinski definition) is 7. The van der Waals surface area contributed by atoms with Crippen molar-refractivity contribution >= 4 is 28.3 Å². The molecule has 0 radical (unpaired) electrons. The van der Waals surface area contributed by atoms with Crippen molar-refractivity contribution in [2.24, 2.45) is 0 Å². The molecule has 2 atom stereocenters. The lowest BCUT2D eigenvalue weighted by Gasteiger charge is -2.20. The van der Waals surface area contributed by atoms with Gasteiger partial charge < -0.3 is 15.8 Å². The number of benzene rings is 2. The van der Waals surface area contributed by atoms with Crippen molar-refractivity contribution in [2.45, 2.75) is 32.9 Å². The topological polar surface area (TPSA) is 129 Å². The summed E-state index contributed by atoms with van der Waals surface area (Å²) >= 11 is 0. The highest BCUT2D eigenvalue weighted by Gasteiger charge is 2.24. The molecular formula is C29H27N7O3. The van der Waals surface area contributed by atoms with Gasteiger partial charge in [-0.05, 0) is 51.1 Å². The molecule has 0 saturated carbocycles. The molecule has 0 aliphatic rings. The Labute approximate surface area is 224 Å². The average Bonchev–Trinajstić information content (AvgIpc) is 3.28. The van der Waals surface area contributed by atoms with E-state index in [1.54, 1.807) is 43.6 Å². The summed E-state index contributed by atoms with van der Waals surface area (Å²) in [5.41, 5.74) is 7.86. The smallest absolute Gasteiger partial charge is 0.267 e. The number of anilines is 1. The quantitative estimate of drug-likeness (QED) is 0.328. The maximum absolute atomic E-state index is 14.1. The number of hydrogen-bond donors (Lipinski definition) is 2. The summed E-state index contributed by atoms with van der Waals surface area (Å²) < 4.78 is 8.46. The van der Waals surface area contributed by atoms with Gasteiger partial charge in [-0.2, -0.15) is 0 Å². The third kappa shape index (κ3) is 4.95. The van der Waals surface area contributed by atoms with Crippen LogP contribution in [-0.4, -0.2) is 42.8 Å². The predicted molar refractivity (Wildman–Crippen MR) is 149 cm³/mol. The molecule has 39 heavy (non-hydrogen) atoms. The Balaban J connectivity index is 1.63. The summed E-state index contributed by atoms with van der Waals surface area (Å²) in [6, 6.07) is 15.5. The molecule has 0 aliphatic carbocycles. The van der Waals surface area contributed by atoms with Crippen molar-refractivity contribution in [2.75, 3.05) is 12.3 Å². The second-order valence-corrected chi connectivity index (χ2v) is 8.86. The molecule has 10 nitrogen and oxygen atoms in total. The van der Waals surface area contributed by atoms with E-state index < -0.39 is 11.9 Å². The molecular weight excluding hydrogens is 494 g/mol. The number of nitrogen functional groups attached to an aromatic ring is 1. The molecule has 0 spiro atoms. The van der Waals surface area contributed by atoms with E-state index in [0.29, 0.717) is 40.2 Å². The summed E-state index contributed by atoms with van der Waals surface area (Å²) in [7, 11) is 0. The number of para-hydroxylation sites is 1. The molecule has 0 aliphatic heterocycles. The molecule has 5 aromatic rings. The Morgan fingerprint density at radius 3 is 2.69 bits per heavy atom. The first-order valence-electron chi connectivity index (χ1n) is 12.5. The van der Waals surface area contributed by atoms with Crippen LogP contribution in [0.3, 0.4) is 0 Å². The van der Waals surface area contributed by atoms with Gasteiger partial charge in [0.1, 0.15) is 17.5 Å². The van der Waals surface area contributed by atoms with Gasteiger partial charge in [0.05, 0.1) is 22.6 Å². The number of carbonyl (C=O) groups excluding carboxylic acids is 1. The molecule has 1 amide bonds. The highest BCUT2D eigenvalue weighted by molar-refractivity contribution is 6.04. The fourth-order valence-electron chi connectivity index (χ4n) is 4.39. The van der Waals surface area contributed by atoms with E-state index >= 15 is 0 Å². The lowest BCUT2D eigenvalue weighted by Crippen LogP contribution is -2.33. The first-order valence-corrected chi connectivity index (χ1v) is 12.5. The van der Waals surface area contributed by atoms with Crippen LogP contribution in [0, 0.1) is 11.8 Å². The van der Waals surface area contributed by atoms with Crippen LogP contribution in [0.15, 0.2) is 71.8 Å². The minimum absolute atomic E-state index is 0.0508. The second-order valence-electron chi connectivity index (χ2n) is 8.86. The van der Waals surface area contributed by atoms with Gasteiger partial charge in [0.25, 0.3) is 11.5 Å². The maximum Gasteiger partial charge on any atom is 0.267 e. The van der Waals surface area contributed by atoms with Crippen LogP contribution in [0.4, 0.5) is 5.82 Å². The van der Waals surface area contributed by atoms with E-state index in [1.165, 1.54) is 9.08 Å². The molecule has 3 N–H and O–H groups in total. The van der Waals surface area contributed by atoms with E-state index in [1.807, 2.05) is 44.2 Å². The van der Waals surface area contributed by atoms with Crippen molar-refractivity contribution in [3.63, 3.8) is 0 Å². The Morgan fingerprint density at radius 1 is 1.13 bits per heavy atom. The maximum atomic E-state index is 14.1. The number of rotatable bonds is 6. The number of nitrogens with zero attached hydrogens (tertiary/aromatic N) is 5. The Bertz CT molecular complexity index is 1800. The van der Waals surface area contributed by atoms with Crippen LogP contribution in [0.2, 0.25) is 0 Å². The number of amides is 1. The largest absolute Gasteiger partial charge is 0.381 e. The van der Waals surface area contributed by atoms with Crippen LogP contribution in [0.1, 0.15) is 48.6 Å². The number of ether oxygens (including phenoxy) is 1. The van der Waals surface area contributed by atoms with Gasteiger partial charge >= 0.3 is 0 Å². The molecule has 196 valence electrons. The van der Waals surface area contributed by atoms with Crippen molar-refractivity contribution < 1.29 is 9.53 Å². The van der Waals surface area contributed by atoms with E-state index in [-0.39, 0.29) is 23.0 Å². The van der Waals surface area contributed by atoms with E-state index in [9.17, 15) is 9.59 Å². The lowest BCUT2D eigenvalue weighted by atomic mass is 10.1. The SMILES string of the molecule is CCOC(C)C#Cc1cccc2nc([C@H](C)NC(=O)c3c(N)nn4cccnc34)n(-c3ccccc3)c(=O)c12. The highest BCUT2D eigenvalue weighted by atomic mass is 16.5. The van der Waals surface area contributed by atoms with E-state index in [0.717, 1.165) is 0 Å². The highest BCUT2D eigenvalue weighted by Crippen LogP contribution is 2.22. The molecule has 0 saturated heterocycles. The summed E-state index contributed by atoms with van der Waals surface area (Å²) in [4.78, 5) is 36.5. The minimum atomic E-state index is -0.680. The van der Waals surface area contributed by atoms with Gasteiger partial charge in [-0.25, -0.2) is 14.5 Å². The van der Waals surface area contributed by atoms with Crippen LogP contribution >= 0.6 is 0 Å². The first-order chi connectivity index (χ1) is 18.9. The summed E-state index contributed by atoms with van der Waals surface area (Å²) in [5.74, 6) is 6.05. The van der Waals surface area contributed by atoms with Gasteiger partial charge in [-0.1, -0.05) is 36.1 Å². The van der Waals surface area contributed by atoms with Gasteiger partial charge in [0.2, 0.25) is 0 Å². The van der Waals surface area contributed by atoms with Crippen molar-refractivity contribution in [1.29, 1.82) is 0 Å². The van der Waals surface area contributed by atoms with Crippen molar-refractivity contribution in [1.82, 2.24) is 29.5 Å². The molecule has 10 heteroatoms. The number of nitrogens with one attached hydrogen (secondary N) is 1. The summed E-state index contributed by atoms with van der Waals surface area (Å²) in [6.45, 7) is 6.06. The van der Waals surface area contributed by atoms with Crippen LogP contribution < -0.4 is 16.6 Å². The zero-order valence-corrected chi connectivity index (χ0v) is 21.8. The van der Waals surface area contributed by atoms with E-state index in [2.05, 4.69) is 27.2 Å². The molecule has 0 fully saturated rings. The Kier molecular flexibility index (Phi) is 7.08. The molecule has 2 aromatic carbocycles. The van der Waals surface area contributed by atoms with Crippen LogP contribution in [0.5, 0.6) is 0 Å². The molecule has 5 rings (SSSR count). The number of nitrogens with two attached hydrogens (primary N) is 1. The van der Waals surface area contributed by atoms with Gasteiger partial charge in [-0.15, -0.1) is 5.10 Å². The van der Waals surface area contributed by atoms with E-state index in [4.69, 9.17) is 15.5 Å². The molecule has 1 unspecified atom stereocenters. The average molecular weight is 522 g/mol. The second kappa shape index (κ2) is 10.8. The third-order valence-corrected chi connectivity index (χ3v) is 6.15. The summed E-state index contributed by atoms with van der Waals surface area (Å²) in [5, 5.41) is 7.47. The normalized spacial score (nSPS) is 12.6. The van der Waals surface area contributed by atoms with Crippen molar-refractivity contribution in [3.05, 3.63) is 94.3 Å². The fraction of sp³-hybridized carbons (Fsp3) is 0.207. The van der Waals surface area contributed by atoms with Crippen LogP contribution in [-0.2, 0) is 4.74 Å². The molecule has 3 aromatic heterocycles. The van der Waals surface area contributed by atoms with Crippen LogP contribution in [0.25, 0.3) is 22.2 Å². The standard InChI is InChI=1S/C29H27N7O3/c1-4-39-18(2)14-15-20-10-8-13-22-23(20)29(38)36(21-11-6-5-7-12-21)26(33-22)19(3)32-28(37)24-25(30)34-35-17-9-16-31-27(24)35/h5-13,16-19H,4H2,1-3H3,(H2,30,34)(H,32,37)/t18?,19-/m0/s1. The molecule has 0 bridgehead atoms. The number of aromatic nitrogens is 5. The predicted octanol–water partition coefficient (Wildman–Crippen LogP) is 3.28. The minimum Gasteiger partial charge on any atom is -0.381 e. The third-order valence-electron chi connectivity index (χ3n) is 6.15. The van der Waals surface area contributed by atoms with Crippen molar-refractivity contribution in [3.8, 4) is 17.5 Å². The zero-order valence-electron chi connectivity index (χ0n) is 21.8. The van der Waals surface area contributed by atoms with Gasteiger partial charge in [0.15, 0.2) is 11.5 Å². The number of carbonyl (C=O) groups is 1. The lowest BCUT2D eigenvalue weighted by molar-refractivity contribution is 0.0940. The Hall–Kier alpha value is -5.01. The monoisotopic (exact) mass is 521 g/mol.